The van der Waals surface area contributed by atoms with E-state index in [1.165, 1.54) is 4.90 Å². The topological polar surface area (TPSA) is 133 Å². The standard InChI is InChI=1S/C11H19N3O5/c1-6-2-3-7(9(12)16)5-14(6)11(19)13-4-8(15)10(17)18/h6-8,15H,2-5H2,1H3,(H2,12,16)(H,13,19)(H,17,18). The second-order valence-electron chi connectivity index (χ2n) is 4.72. The van der Waals surface area contributed by atoms with E-state index in [9.17, 15) is 14.4 Å². The Morgan fingerprint density at radius 1 is 1.42 bits per heavy atom. The summed E-state index contributed by atoms with van der Waals surface area (Å²) in [6.45, 7) is 1.68. The maximum Gasteiger partial charge on any atom is 0.334 e. The van der Waals surface area contributed by atoms with Crippen molar-refractivity contribution < 1.29 is 24.6 Å². The molecule has 19 heavy (non-hydrogen) atoms. The molecule has 0 bridgehead atoms. The summed E-state index contributed by atoms with van der Waals surface area (Å²) in [7, 11) is 0. The zero-order chi connectivity index (χ0) is 14.6. The highest BCUT2D eigenvalue weighted by Gasteiger charge is 2.31. The number of nitrogens with two attached hydrogens (primary N) is 1. The fourth-order valence-corrected chi connectivity index (χ4v) is 2.00. The Labute approximate surface area is 110 Å². The number of amides is 3. The number of nitrogens with one attached hydrogen (secondary N) is 1. The molecular weight excluding hydrogens is 254 g/mol. The van der Waals surface area contributed by atoms with E-state index >= 15 is 0 Å². The Hall–Kier alpha value is -1.83. The summed E-state index contributed by atoms with van der Waals surface area (Å²) in [4.78, 5) is 34.8. The highest BCUT2D eigenvalue weighted by Crippen LogP contribution is 2.21. The number of hydrogen-bond acceptors (Lipinski definition) is 4. The van der Waals surface area contributed by atoms with Gasteiger partial charge in [0.1, 0.15) is 0 Å². The molecule has 0 aromatic carbocycles. The molecular formula is C11H19N3O5. The molecule has 108 valence electrons. The molecule has 1 aliphatic heterocycles. The van der Waals surface area contributed by atoms with Gasteiger partial charge in [-0.25, -0.2) is 9.59 Å². The molecule has 1 saturated heterocycles. The number of aliphatic carboxylic acids is 1. The van der Waals surface area contributed by atoms with Crippen molar-refractivity contribution in [2.75, 3.05) is 13.1 Å². The molecule has 1 heterocycles. The van der Waals surface area contributed by atoms with Gasteiger partial charge in [-0.15, -0.1) is 0 Å². The van der Waals surface area contributed by atoms with Gasteiger partial charge in [-0.3, -0.25) is 4.79 Å². The molecule has 3 amide bonds. The third-order valence-electron chi connectivity index (χ3n) is 3.28. The van der Waals surface area contributed by atoms with Crippen LogP contribution in [0.2, 0.25) is 0 Å². The van der Waals surface area contributed by atoms with Crippen LogP contribution in [0.1, 0.15) is 19.8 Å². The van der Waals surface area contributed by atoms with Crippen LogP contribution in [-0.4, -0.2) is 58.3 Å². The van der Waals surface area contributed by atoms with Crippen molar-refractivity contribution in [3.8, 4) is 0 Å². The zero-order valence-corrected chi connectivity index (χ0v) is 10.7. The second kappa shape index (κ2) is 6.37. The maximum atomic E-state index is 11.9. The number of carbonyl (C=O) groups excluding carboxylic acids is 2. The van der Waals surface area contributed by atoms with Crippen LogP contribution in [0.3, 0.4) is 0 Å². The lowest BCUT2D eigenvalue weighted by Gasteiger charge is -2.36. The lowest BCUT2D eigenvalue weighted by Crippen LogP contribution is -2.53. The van der Waals surface area contributed by atoms with Crippen molar-refractivity contribution in [2.45, 2.75) is 31.9 Å². The van der Waals surface area contributed by atoms with Crippen molar-refractivity contribution in [2.24, 2.45) is 11.7 Å². The molecule has 0 saturated carbocycles. The van der Waals surface area contributed by atoms with Gasteiger partial charge in [-0.2, -0.15) is 0 Å². The molecule has 5 N–H and O–H groups in total. The predicted octanol–water partition coefficient (Wildman–Crippen LogP) is -1.27. The van der Waals surface area contributed by atoms with Gasteiger partial charge in [0.05, 0.1) is 12.5 Å². The largest absolute Gasteiger partial charge is 0.479 e. The number of carboxylic acids is 1. The number of piperidine rings is 1. The summed E-state index contributed by atoms with van der Waals surface area (Å²) < 4.78 is 0. The maximum absolute atomic E-state index is 11.9. The normalized spacial score (nSPS) is 24.6. The number of hydrogen-bond donors (Lipinski definition) is 4. The summed E-state index contributed by atoms with van der Waals surface area (Å²) in [5.41, 5.74) is 5.22. The molecule has 1 rings (SSSR count). The van der Waals surface area contributed by atoms with Gasteiger partial charge < -0.3 is 26.2 Å². The highest BCUT2D eigenvalue weighted by molar-refractivity contribution is 5.80. The summed E-state index contributed by atoms with van der Waals surface area (Å²) in [6, 6.07) is -0.559. The van der Waals surface area contributed by atoms with Crippen LogP contribution in [0.4, 0.5) is 4.79 Å². The number of carbonyl (C=O) groups is 3. The molecule has 8 nitrogen and oxygen atoms in total. The molecule has 3 atom stereocenters. The molecule has 0 aromatic rings. The molecule has 0 aromatic heterocycles. The quantitative estimate of drug-likeness (QED) is 0.506. The van der Waals surface area contributed by atoms with Crippen LogP contribution in [0, 0.1) is 5.92 Å². The van der Waals surface area contributed by atoms with E-state index in [0.717, 1.165) is 0 Å². The number of aliphatic hydroxyl groups is 1. The zero-order valence-electron chi connectivity index (χ0n) is 10.7. The lowest BCUT2D eigenvalue weighted by atomic mass is 9.93. The predicted molar refractivity (Wildman–Crippen MR) is 65.1 cm³/mol. The third-order valence-corrected chi connectivity index (χ3v) is 3.28. The van der Waals surface area contributed by atoms with Crippen LogP contribution in [-0.2, 0) is 9.59 Å². The van der Waals surface area contributed by atoms with E-state index in [4.69, 9.17) is 15.9 Å². The summed E-state index contributed by atoms with van der Waals surface area (Å²) >= 11 is 0. The van der Waals surface area contributed by atoms with Crippen molar-refractivity contribution in [3.63, 3.8) is 0 Å². The van der Waals surface area contributed by atoms with Gasteiger partial charge in [0, 0.05) is 12.6 Å². The minimum atomic E-state index is -1.64. The van der Waals surface area contributed by atoms with Gasteiger partial charge in [-0.05, 0) is 19.8 Å². The summed E-state index contributed by atoms with van der Waals surface area (Å²) in [5, 5.41) is 19.9. The van der Waals surface area contributed by atoms with Gasteiger partial charge in [0.2, 0.25) is 5.91 Å². The smallest absolute Gasteiger partial charge is 0.334 e. The van der Waals surface area contributed by atoms with Crippen LogP contribution >= 0.6 is 0 Å². The van der Waals surface area contributed by atoms with Crippen LogP contribution in [0.15, 0.2) is 0 Å². The van der Waals surface area contributed by atoms with E-state index in [0.29, 0.717) is 12.8 Å². The SMILES string of the molecule is CC1CCC(C(N)=O)CN1C(=O)NCC(O)C(=O)O. The van der Waals surface area contributed by atoms with E-state index in [2.05, 4.69) is 5.32 Å². The number of aliphatic hydroxyl groups excluding tert-OH is 1. The monoisotopic (exact) mass is 273 g/mol. The first-order valence-electron chi connectivity index (χ1n) is 6.07. The average Bonchev–Trinajstić information content (AvgIpc) is 2.35. The number of carboxylic acid groups (broad SMARTS) is 1. The van der Waals surface area contributed by atoms with Crippen LogP contribution in [0.5, 0.6) is 0 Å². The Kier molecular flexibility index (Phi) is 5.11. The summed E-state index contributed by atoms with van der Waals surface area (Å²) in [5.74, 6) is -2.23. The molecule has 3 unspecified atom stereocenters. The number of likely N-dealkylation sites (tertiary alicyclic amines) is 1. The van der Waals surface area contributed by atoms with E-state index in [1.807, 2.05) is 6.92 Å². The van der Waals surface area contributed by atoms with E-state index in [-0.39, 0.29) is 25.0 Å². The number of urea groups is 1. The number of primary amides is 1. The van der Waals surface area contributed by atoms with Crippen molar-refractivity contribution in [1.82, 2.24) is 10.2 Å². The Morgan fingerprint density at radius 3 is 2.58 bits per heavy atom. The summed E-state index contributed by atoms with van der Waals surface area (Å²) in [6.07, 6.45) is -0.350. The molecule has 0 radical (unpaired) electrons. The highest BCUT2D eigenvalue weighted by atomic mass is 16.4. The Bertz CT molecular complexity index is 373. The Balaban J connectivity index is 2.54. The second-order valence-corrected chi connectivity index (χ2v) is 4.72. The van der Waals surface area contributed by atoms with Crippen molar-refractivity contribution in [3.05, 3.63) is 0 Å². The first kappa shape index (κ1) is 15.2. The average molecular weight is 273 g/mol. The molecule has 8 heteroatoms. The first-order chi connectivity index (χ1) is 8.82. The molecule has 0 spiro atoms. The van der Waals surface area contributed by atoms with Crippen LogP contribution < -0.4 is 11.1 Å². The van der Waals surface area contributed by atoms with Gasteiger partial charge >= 0.3 is 12.0 Å². The van der Waals surface area contributed by atoms with Gasteiger partial charge in [0.15, 0.2) is 6.10 Å². The van der Waals surface area contributed by atoms with Crippen LogP contribution in [0.25, 0.3) is 0 Å². The molecule has 0 aliphatic carbocycles. The minimum Gasteiger partial charge on any atom is -0.479 e. The fourth-order valence-electron chi connectivity index (χ4n) is 2.00. The third kappa shape index (κ3) is 4.09. The molecule has 1 fully saturated rings. The van der Waals surface area contributed by atoms with Crippen molar-refractivity contribution in [1.29, 1.82) is 0 Å². The van der Waals surface area contributed by atoms with Gasteiger partial charge in [0.25, 0.3) is 0 Å². The number of nitrogens with zero attached hydrogens (tertiary/aromatic N) is 1. The first-order valence-corrected chi connectivity index (χ1v) is 6.07. The Morgan fingerprint density at radius 2 is 2.05 bits per heavy atom. The number of rotatable bonds is 4. The molecule has 1 aliphatic rings. The van der Waals surface area contributed by atoms with E-state index in [1.54, 1.807) is 0 Å². The lowest BCUT2D eigenvalue weighted by molar-refractivity contribution is -0.146. The fraction of sp³-hybridized carbons (Fsp3) is 0.727. The van der Waals surface area contributed by atoms with E-state index < -0.39 is 24.0 Å². The minimum absolute atomic E-state index is 0.0578. The van der Waals surface area contributed by atoms with Gasteiger partial charge in [-0.1, -0.05) is 0 Å². The van der Waals surface area contributed by atoms with Crippen molar-refractivity contribution >= 4 is 17.9 Å².